The lowest BCUT2D eigenvalue weighted by molar-refractivity contribution is 0.548. The minimum Gasteiger partial charge on any atom is -0.320 e. The Morgan fingerprint density at radius 2 is 1.47 bits per heavy atom. The molecule has 2 rings (SSSR count). The Bertz CT molecular complexity index is 625. The molecule has 0 amide bonds. The van der Waals surface area contributed by atoms with Crippen molar-refractivity contribution in [3.63, 3.8) is 0 Å². The minimum atomic E-state index is -1.20. The van der Waals surface area contributed by atoms with Gasteiger partial charge in [0.15, 0.2) is 0 Å². The summed E-state index contributed by atoms with van der Waals surface area (Å²) in [6, 6.07) is 3.44. The molecule has 2 N–H and O–H groups in total. The summed E-state index contributed by atoms with van der Waals surface area (Å²) in [7, 11) is 0. The molecule has 0 aliphatic carbocycles. The van der Waals surface area contributed by atoms with Crippen LogP contribution in [-0.2, 0) is 0 Å². The maximum absolute atomic E-state index is 13.7. The fourth-order valence-electron chi connectivity index (χ4n) is 1.84. The van der Waals surface area contributed by atoms with Gasteiger partial charge in [0, 0.05) is 17.2 Å². The van der Waals surface area contributed by atoms with Crippen molar-refractivity contribution < 1.29 is 17.6 Å². The molecule has 0 bridgehead atoms. The van der Waals surface area contributed by atoms with Crippen molar-refractivity contribution >= 4 is 0 Å². The molecule has 1 nitrogen and oxygen atoms in total. The Balaban J connectivity index is 2.52. The van der Waals surface area contributed by atoms with Gasteiger partial charge in [0.25, 0.3) is 0 Å². The normalized spacial score (nSPS) is 12.5. The predicted molar refractivity (Wildman–Crippen MR) is 63.5 cm³/mol. The summed E-state index contributed by atoms with van der Waals surface area (Å²) < 4.78 is 53.5. The van der Waals surface area contributed by atoms with Gasteiger partial charge >= 0.3 is 0 Å². The second kappa shape index (κ2) is 5.01. The highest BCUT2D eigenvalue weighted by atomic mass is 19.1. The monoisotopic (exact) mass is 269 g/mol. The van der Waals surface area contributed by atoms with Crippen molar-refractivity contribution in [2.24, 2.45) is 5.73 Å². The van der Waals surface area contributed by atoms with Gasteiger partial charge in [-0.2, -0.15) is 0 Å². The van der Waals surface area contributed by atoms with E-state index in [1.54, 1.807) is 0 Å². The van der Waals surface area contributed by atoms with Gasteiger partial charge in [-0.1, -0.05) is 0 Å². The summed E-state index contributed by atoms with van der Waals surface area (Å²) in [6.45, 7) is 1.44. The zero-order chi connectivity index (χ0) is 14.2. The van der Waals surface area contributed by atoms with E-state index in [4.69, 9.17) is 5.73 Å². The van der Waals surface area contributed by atoms with E-state index in [2.05, 4.69) is 0 Å². The van der Waals surface area contributed by atoms with Crippen molar-refractivity contribution in [1.82, 2.24) is 0 Å². The van der Waals surface area contributed by atoms with Crippen LogP contribution >= 0.6 is 0 Å². The fraction of sp³-hybridized carbons (Fsp3) is 0.143. The van der Waals surface area contributed by atoms with Crippen LogP contribution in [0.1, 0.15) is 22.7 Å². The van der Waals surface area contributed by atoms with Crippen LogP contribution in [0.2, 0.25) is 0 Å². The first kappa shape index (κ1) is 13.5. The molecule has 0 saturated heterocycles. The quantitative estimate of drug-likeness (QED) is 0.828. The molecule has 0 heterocycles. The molecule has 0 aliphatic rings. The van der Waals surface area contributed by atoms with Crippen LogP contribution in [0.5, 0.6) is 0 Å². The van der Waals surface area contributed by atoms with Gasteiger partial charge in [0.05, 0.1) is 6.04 Å². The Hall–Kier alpha value is -1.88. The van der Waals surface area contributed by atoms with Crippen molar-refractivity contribution in [1.29, 1.82) is 0 Å². The van der Waals surface area contributed by atoms with Gasteiger partial charge in [-0.05, 0) is 36.8 Å². The number of halogens is 4. The maximum atomic E-state index is 13.7. The lowest BCUT2D eigenvalue weighted by Crippen LogP contribution is -2.16. The summed E-state index contributed by atoms with van der Waals surface area (Å²) in [5.41, 5.74) is 5.66. The van der Waals surface area contributed by atoms with E-state index in [1.165, 1.54) is 13.0 Å². The average Bonchev–Trinajstić information content (AvgIpc) is 2.36. The number of rotatable bonds is 2. The standard InChI is InChI=1S/C14H11F4N/c1-7-4-9(13(18)6-12(7)17)14(19)10-5-8(15)2-3-11(10)16/h2-6,14H,19H2,1H3. The summed E-state index contributed by atoms with van der Waals surface area (Å²) in [5, 5.41) is 0. The van der Waals surface area contributed by atoms with Gasteiger partial charge in [-0.25, -0.2) is 17.6 Å². The molecule has 5 heteroatoms. The molecule has 0 spiro atoms. The number of nitrogens with two attached hydrogens (primary N) is 1. The van der Waals surface area contributed by atoms with Gasteiger partial charge in [-0.3, -0.25) is 0 Å². The van der Waals surface area contributed by atoms with E-state index in [1.807, 2.05) is 0 Å². The Kier molecular flexibility index (Phi) is 3.57. The molecule has 19 heavy (non-hydrogen) atoms. The molecule has 2 aromatic rings. The molecule has 0 aromatic heterocycles. The van der Waals surface area contributed by atoms with E-state index in [0.717, 1.165) is 18.2 Å². The molecule has 0 radical (unpaired) electrons. The number of benzene rings is 2. The second-order valence-corrected chi connectivity index (χ2v) is 4.27. The van der Waals surface area contributed by atoms with Gasteiger partial charge < -0.3 is 5.73 Å². The third-order valence-corrected chi connectivity index (χ3v) is 2.91. The maximum Gasteiger partial charge on any atom is 0.131 e. The zero-order valence-corrected chi connectivity index (χ0v) is 10.1. The van der Waals surface area contributed by atoms with Crippen LogP contribution in [0.25, 0.3) is 0 Å². The molecule has 0 saturated carbocycles. The minimum absolute atomic E-state index is 0.0802. The lowest BCUT2D eigenvalue weighted by atomic mass is 9.97. The van der Waals surface area contributed by atoms with E-state index >= 15 is 0 Å². The fourth-order valence-corrected chi connectivity index (χ4v) is 1.84. The van der Waals surface area contributed by atoms with Crippen LogP contribution in [0, 0.1) is 30.2 Å². The first-order valence-electron chi connectivity index (χ1n) is 5.56. The molecule has 2 aromatic carbocycles. The second-order valence-electron chi connectivity index (χ2n) is 4.27. The van der Waals surface area contributed by atoms with E-state index in [9.17, 15) is 17.6 Å². The van der Waals surface area contributed by atoms with Crippen LogP contribution in [0.3, 0.4) is 0 Å². The number of hydrogen-bond acceptors (Lipinski definition) is 1. The molecular weight excluding hydrogens is 258 g/mol. The third-order valence-electron chi connectivity index (χ3n) is 2.91. The number of hydrogen-bond donors (Lipinski definition) is 1. The highest BCUT2D eigenvalue weighted by molar-refractivity contribution is 5.36. The van der Waals surface area contributed by atoms with Gasteiger partial charge in [0.1, 0.15) is 23.3 Å². The van der Waals surface area contributed by atoms with Crippen molar-refractivity contribution in [2.75, 3.05) is 0 Å². The molecular formula is C14H11F4N. The summed E-state index contributed by atoms with van der Waals surface area (Å²) in [4.78, 5) is 0. The zero-order valence-electron chi connectivity index (χ0n) is 10.1. The molecule has 100 valence electrons. The Morgan fingerprint density at radius 3 is 2.16 bits per heavy atom. The van der Waals surface area contributed by atoms with E-state index in [-0.39, 0.29) is 16.7 Å². The highest BCUT2D eigenvalue weighted by Gasteiger charge is 2.19. The number of aryl methyl sites for hydroxylation is 1. The van der Waals surface area contributed by atoms with Gasteiger partial charge in [0.2, 0.25) is 0 Å². The summed E-state index contributed by atoms with van der Waals surface area (Å²) in [5.74, 6) is -3.02. The molecule has 1 atom stereocenters. The predicted octanol–water partition coefficient (Wildman–Crippen LogP) is 3.60. The topological polar surface area (TPSA) is 26.0 Å². The average molecular weight is 269 g/mol. The molecule has 0 fully saturated rings. The third kappa shape index (κ3) is 2.61. The first-order chi connectivity index (χ1) is 8.90. The Labute approximate surface area is 107 Å². The van der Waals surface area contributed by atoms with E-state index in [0.29, 0.717) is 6.07 Å². The SMILES string of the molecule is Cc1cc(C(N)c2cc(F)ccc2F)c(F)cc1F. The molecule has 0 aliphatic heterocycles. The molecule has 1 unspecified atom stereocenters. The van der Waals surface area contributed by atoms with Crippen molar-refractivity contribution in [3.8, 4) is 0 Å². The van der Waals surface area contributed by atoms with E-state index < -0.39 is 29.3 Å². The van der Waals surface area contributed by atoms with Crippen LogP contribution in [-0.4, -0.2) is 0 Å². The smallest absolute Gasteiger partial charge is 0.131 e. The van der Waals surface area contributed by atoms with Crippen LogP contribution in [0.15, 0.2) is 30.3 Å². The largest absolute Gasteiger partial charge is 0.320 e. The van der Waals surface area contributed by atoms with Crippen molar-refractivity contribution in [2.45, 2.75) is 13.0 Å². The van der Waals surface area contributed by atoms with Crippen LogP contribution in [0.4, 0.5) is 17.6 Å². The highest BCUT2D eigenvalue weighted by Crippen LogP contribution is 2.26. The summed E-state index contributed by atoms with van der Waals surface area (Å²) in [6.07, 6.45) is 0. The summed E-state index contributed by atoms with van der Waals surface area (Å²) >= 11 is 0. The van der Waals surface area contributed by atoms with Crippen molar-refractivity contribution in [3.05, 3.63) is 70.3 Å². The lowest BCUT2D eigenvalue weighted by Gasteiger charge is -2.15. The Morgan fingerprint density at radius 1 is 0.842 bits per heavy atom. The van der Waals surface area contributed by atoms with Crippen LogP contribution < -0.4 is 5.73 Å². The first-order valence-corrected chi connectivity index (χ1v) is 5.56. The van der Waals surface area contributed by atoms with Gasteiger partial charge in [-0.15, -0.1) is 0 Å².